The van der Waals surface area contributed by atoms with E-state index in [2.05, 4.69) is 10.6 Å². The maximum absolute atomic E-state index is 13.6. The molecular weight excluding hydrogens is 404 g/mol. The van der Waals surface area contributed by atoms with Crippen molar-refractivity contribution in [1.82, 2.24) is 0 Å². The number of anilines is 2. The average molecular weight is 420 g/mol. The van der Waals surface area contributed by atoms with Crippen LogP contribution < -0.4 is 10.6 Å². The first-order valence-electron chi connectivity index (χ1n) is 8.83. The van der Waals surface area contributed by atoms with Crippen molar-refractivity contribution in [1.29, 1.82) is 0 Å². The van der Waals surface area contributed by atoms with Gasteiger partial charge < -0.3 is 15.1 Å². The minimum absolute atomic E-state index is 0.0388. The van der Waals surface area contributed by atoms with Crippen LogP contribution in [0, 0.1) is 5.82 Å². The molecule has 0 saturated carbocycles. The summed E-state index contributed by atoms with van der Waals surface area (Å²) in [5.41, 5.74) is -1.41. The number of aryl methyl sites for hydroxylation is 1. The molecule has 0 aliphatic rings. The topological polar surface area (TPSA) is 71.3 Å². The molecule has 0 spiro atoms. The molecule has 2 aromatic carbocycles. The first-order chi connectivity index (χ1) is 14.2. The van der Waals surface area contributed by atoms with Gasteiger partial charge in [-0.2, -0.15) is 13.2 Å². The zero-order valence-corrected chi connectivity index (χ0v) is 15.4. The Balaban J connectivity index is 1.73. The average Bonchev–Trinajstić information content (AvgIpc) is 3.23. The summed E-state index contributed by atoms with van der Waals surface area (Å²) < 4.78 is 58.9. The quantitative estimate of drug-likeness (QED) is 0.535. The minimum atomic E-state index is -4.78. The lowest BCUT2D eigenvalue weighted by Crippen LogP contribution is -2.18. The normalized spacial score (nSPS) is 11.2. The maximum atomic E-state index is 13.6. The fourth-order valence-corrected chi connectivity index (χ4v) is 2.73. The lowest BCUT2D eigenvalue weighted by atomic mass is 10.1. The van der Waals surface area contributed by atoms with E-state index < -0.39 is 35.1 Å². The van der Waals surface area contributed by atoms with E-state index in [1.54, 1.807) is 6.07 Å². The van der Waals surface area contributed by atoms with E-state index in [1.165, 1.54) is 42.7 Å². The van der Waals surface area contributed by atoms with Crippen LogP contribution in [0.5, 0.6) is 0 Å². The molecule has 1 aromatic heterocycles. The number of amides is 2. The van der Waals surface area contributed by atoms with Gasteiger partial charge in [0.25, 0.3) is 5.91 Å². The molecular formula is C21H16F4N2O3. The van der Waals surface area contributed by atoms with Gasteiger partial charge in [0.15, 0.2) is 5.76 Å². The summed E-state index contributed by atoms with van der Waals surface area (Å²) in [7, 11) is 0. The second kappa shape index (κ2) is 8.81. The highest BCUT2D eigenvalue weighted by atomic mass is 19.4. The molecule has 2 N–H and O–H groups in total. The lowest BCUT2D eigenvalue weighted by Gasteiger charge is -2.16. The SMILES string of the molecule is O=C(CCc1ccccc1F)Nc1ccc(NC(=O)c2ccco2)cc1C(F)(F)F. The predicted octanol–water partition coefficient (Wildman–Crippen LogP) is 5.26. The first kappa shape index (κ1) is 21.1. The number of hydrogen-bond donors (Lipinski definition) is 2. The van der Waals surface area contributed by atoms with Gasteiger partial charge in [0.05, 0.1) is 17.5 Å². The Bertz CT molecular complexity index is 1050. The van der Waals surface area contributed by atoms with Crippen LogP contribution >= 0.6 is 0 Å². The number of alkyl halides is 3. The minimum Gasteiger partial charge on any atom is -0.459 e. The summed E-state index contributed by atoms with van der Waals surface area (Å²) in [6.07, 6.45) is -3.68. The number of rotatable bonds is 6. The van der Waals surface area contributed by atoms with Crippen LogP contribution in [-0.2, 0) is 17.4 Å². The van der Waals surface area contributed by atoms with Crippen LogP contribution in [0.1, 0.15) is 28.1 Å². The number of carbonyl (C=O) groups is 2. The highest BCUT2D eigenvalue weighted by Gasteiger charge is 2.34. The highest BCUT2D eigenvalue weighted by Crippen LogP contribution is 2.36. The molecule has 0 aliphatic carbocycles. The molecule has 0 saturated heterocycles. The van der Waals surface area contributed by atoms with Crippen molar-refractivity contribution in [3.8, 4) is 0 Å². The van der Waals surface area contributed by atoms with Crippen LogP contribution in [0.15, 0.2) is 65.3 Å². The van der Waals surface area contributed by atoms with Gasteiger partial charge in [0.1, 0.15) is 5.82 Å². The third-order valence-corrected chi connectivity index (χ3v) is 4.18. The van der Waals surface area contributed by atoms with Crippen LogP contribution in [0.3, 0.4) is 0 Å². The van der Waals surface area contributed by atoms with Crippen LogP contribution in [-0.4, -0.2) is 11.8 Å². The Morgan fingerprint density at radius 3 is 2.40 bits per heavy atom. The fraction of sp³-hybridized carbons (Fsp3) is 0.143. The molecule has 156 valence electrons. The highest BCUT2D eigenvalue weighted by molar-refractivity contribution is 6.02. The number of furan rings is 1. The van der Waals surface area contributed by atoms with Gasteiger partial charge in [-0.15, -0.1) is 0 Å². The standard InChI is InChI=1S/C21H16F4N2O3/c22-16-5-2-1-4-13(16)7-10-19(28)27-17-9-8-14(12-15(17)21(23,24)25)26-20(29)18-6-3-11-30-18/h1-6,8-9,11-12H,7,10H2,(H,26,29)(H,27,28). The summed E-state index contributed by atoms with van der Waals surface area (Å²) in [4.78, 5) is 24.1. The van der Waals surface area contributed by atoms with Crippen molar-refractivity contribution in [2.75, 3.05) is 10.6 Å². The van der Waals surface area contributed by atoms with Gasteiger partial charge >= 0.3 is 6.18 Å². The summed E-state index contributed by atoms with van der Waals surface area (Å²) >= 11 is 0. The van der Waals surface area contributed by atoms with Crippen LogP contribution in [0.25, 0.3) is 0 Å². The van der Waals surface area contributed by atoms with Gasteiger partial charge in [-0.05, 0) is 48.4 Å². The smallest absolute Gasteiger partial charge is 0.418 e. The number of carbonyl (C=O) groups excluding carboxylic acids is 2. The number of nitrogens with one attached hydrogen (secondary N) is 2. The first-order valence-corrected chi connectivity index (χ1v) is 8.83. The monoisotopic (exact) mass is 420 g/mol. The molecule has 1 heterocycles. The van der Waals surface area contributed by atoms with E-state index >= 15 is 0 Å². The Kier molecular flexibility index (Phi) is 6.20. The van der Waals surface area contributed by atoms with Crippen molar-refractivity contribution >= 4 is 23.2 Å². The molecule has 2 amide bonds. The molecule has 0 unspecified atom stereocenters. The third-order valence-electron chi connectivity index (χ3n) is 4.18. The van der Waals surface area contributed by atoms with Crippen molar-refractivity contribution in [3.63, 3.8) is 0 Å². The molecule has 0 fully saturated rings. The van der Waals surface area contributed by atoms with E-state index in [9.17, 15) is 27.2 Å². The van der Waals surface area contributed by atoms with Gasteiger partial charge in [-0.25, -0.2) is 4.39 Å². The maximum Gasteiger partial charge on any atom is 0.418 e. The van der Waals surface area contributed by atoms with Gasteiger partial charge in [-0.3, -0.25) is 9.59 Å². The van der Waals surface area contributed by atoms with Crippen molar-refractivity contribution in [2.24, 2.45) is 0 Å². The number of hydrogen-bond acceptors (Lipinski definition) is 3. The largest absolute Gasteiger partial charge is 0.459 e. The van der Waals surface area contributed by atoms with E-state index in [1.807, 2.05) is 0 Å². The molecule has 9 heteroatoms. The summed E-state index contributed by atoms with van der Waals surface area (Å²) in [6, 6.07) is 11.7. The molecule has 3 aromatic rings. The molecule has 0 aliphatic heterocycles. The fourth-order valence-electron chi connectivity index (χ4n) is 2.73. The molecule has 5 nitrogen and oxygen atoms in total. The van der Waals surface area contributed by atoms with Crippen molar-refractivity contribution in [3.05, 3.63) is 83.6 Å². The molecule has 30 heavy (non-hydrogen) atoms. The zero-order valence-electron chi connectivity index (χ0n) is 15.4. The Hall–Kier alpha value is -3.62. The van der Waals surface area contributed by atoms with E-state index in [0.717, 1.165) is 6.07 Å². The molecule has 0 bridgehead atoms. The zero-order chi connectivity index (χ0) is 21.7. The van der Waals surface area contributed by atoms with Crippen molar-refractivity contribution < 1.29 is 31.6 Å². The Labute approximate surface area is 168 Å². The second-order valence-corrected chi connectivity index (χ2v) is 6.33. The summed E-state index contributed by atoms with van der Waals surface area (Å²) in [5.74, 6) is -1.96. The lowest BCUT2D eigenvalue weighted by molar-refractivity contribution is -0.136. The summed E-state index contributed by atoms with van der Waals surface area (Å²) in [6.45, 7) is 0. The Morgan fingerprint density at radius 2 is 1.73 bits per heavy atom. The predicted molar refractivity (Wildman–Crippen MR) is 101 cm³/mol. The third kappa shape index (κ3) is 5.25. The number of benzene rings is 2. The van der Waals surface area contributed by atoms with Gasteiger partial charge in [-0.1, -0.05) is 18.2 Å². The molecule has 0 atom stereocenters. The molecule has 3 rings (SSSR count). The van der Waals surface area contributed by atoms with Gasteiger partial charge in [0, 0.05) is 12.1 Å². The van der Waals surface area contributed by atoms with E-state index in [0.29, 0.717) is 11.6 Å². The van der Waals surface area contributed by atoms with Gasteiger partial charge in [0.2, 0.25) is 5.91 Å². The summed E-state index contributed by atoms with van der Waals surface area (Å²) in [5, 5.41) is 4.51. The van der Waals surface area contributed by atoms with Crippen LogP contribution in [0.2, 0.25) is 0 Å². The number of halogens is 4. The van der Waals surface area contributed by atoms with Crippen molar-refractivity contribution in [2.45, 2.75) is 19.0 Å². The van der Waals surface area contributed by atoms with E-state index in [4.69, 9.17) is 4.42 Å². The molecule has 0 radical (unpaired) electrons. The van der Waals surface area contributed by atoms with Crippen LogP contribution in [0.4, 0.5) is 28.9 Å². The Morgan fingerprint density at radius 1 is 0.967 bits per heavy atom. The second-order valence-electron chi connectivity index (χ2n) is 6.33. The van der Waals surface area contributed by atoms with E-state index in [-0.39, 0.29) is 24.3 Å².